The average molecular weight is 1190 g/mol. The number of rotatable bonds is 31. The number of para-hydroxylation sites is 1. The van der Waals surface area contributed by atoms with Crippen LogP contribution >= 0.6 is 0 Å². The van der Waals surface area contributed by atoms with Gasteiger partial charge in [0.25, 0.3) is 5.91 Å². The van der Waals surface area contributed by atoms with E-state index in [4.69, 9.17) is 17.2 Å². The summed E-state index contributed by atoms with van der Waals surface area (Å²) in [6.07, 6.45) is -1.35. The van der Waals surface area contributed by atoms with E-state index in [-0.39, 0.29) is 61.8 Å². The van der Waals surface area contributed by atoms with Crippen molar-refractivity contribution < 1.29 is 67.3 Å². The molecule has 0 aliphatic heterocycles. The third kappa shape index (κ3) is 22.8. The number of benzene rings is 3. The maximum atomic E-state index is 15.1. The van der Waals surface area contributed by atoms with Crippen molar-refractivity contribution in [3.05, 3.63) is 102 Å². The fourth-order valence-electron chi connectivity index (χ4n) is 8.54. The van der Waals surface area contributed by atoms with E-state index in [1.807, 2.05) is 24.3 Å². The lowest BCUT2D eigenvalue weighted by atomic mass is 10.0. The molecule has 4 rings (SSSR count). The first-order valence-electron chi connectivity index (χ1n) is 26.9. The van der Waals surface area contributed by atoms with Crippen molar-refractivity contribution in [2.75, 3.05) is 20.1 Å². The Hall–Kier alpha value is -9.87. The molecule has 4 aromatic rings. The average Bonchev–Trinajstić information content (AvgIpc) is 3.91. The van der Waals surface area contributed by atoms with Gasteiger partial charge in [0.05, 0.1) is 19.1 Å². The predicted octanol–water partition coefficient (Wildman–Crippen LogP) is -3.11. The molecule has 0 aliphatic rings. The van der Waals surface area contributed by atoms with Crippen molar-refractivity contribution in [1.82, 2.24) is 63.7 Å². The molecule has 0 bridgehead atoms. The Labute approximate surface area is 488 Å². The molecule has 0 fully saturated rings. The zero-order valence-electron chi connectivity index (χ0n) is 47.5. The first-order chi connectivity index (χ1) is 40.2. The van der Waals surface area contributed by atoms with Gasteiger partial charge in [-0.2, -0.15) is 0 Å². The molecule has 0 spiro atoms. The van der Waals surface area contributed by atoms with Crippen LogP contribution < -0.4 is 75.9 Å². The number of carbonyl (C=O) groups is 11. The summed E-state index contributed by atoms with van der Waals surface area (Å²) >= 11 is 0. The Kier molecular flexibility index (Phi) is 26.5. The number of aliphatic imine (C=N–C) groups is 1. The van der Waals surface area contributed by atoms with E-state index in [0.717, 1.165) is 30.8 Å². The minimum absolute atomic E-state index is 0.00454. The van der Waals surface area contributed by atoms with E-state index < -0.39 is 139 Å². The summed E-state index contributed by atoms with van der Waals surface area (Å²) in [6, 6.07) is 6.39. The summed E-state index contributed by atoms with van der Waals surface area (Å²) in [5.41, 5.74) is 23.0. The number of aromatic amines is 1. The van der Waals surface area contributed by atoms with Crippen LogP contribution in [0.2, 0.25) is 0 Å². The van der Waals surface area contributed by atoms with E-state index >= 15 is 4.39 Å². The molecular formula is C55H75FN16O13. The summed E-state index contributed by atoms with van der Waals surface area (Å²) in [6.45, 7) is 5.14. The zero-order valence-corrected chi connectivity index (χ0v) is 47.5. The van der Waals surface area contributed by atoms with Gasteiger partial charge >= 0.3 is 6.03 Å². The Morgan fingerprint density at radius 3 is 1.87 bits per heavy atom. The first kappa shape index (κ1) is 67.6. The Morgan fingerprint density at radius 2 is 1.24 bits per heavy atom. The van der Waals surface area contributed by atoms with Crippen molar-refractivity contribution in [3.8, 4) is 5.75 Å². The zero-order chi connectivity index (χ0) is 62.9. The monoisotopic (exact) mass is 1190 g/mol. The SMILES string of the molecule is CN=C(N)NCCC[C@H](NC(=O)[C@H](CC(C)C)NC(=O)NNC(=O)[C@H](Cc1ccccc1F)NC(=O)[C@@H](NC(=O)[C@H](CC(N)=O)NC(=O)CNC(=O)[C@@H](Cc1ccc(O)cc1)NC(C)=O)[C@@H](C)O)C(=O)N[C@@H](Cc1c[nH]c2ccccc12)C(N)=O. The molecule has 1 aromatic heterocycles. The number of urea groups is 1. The second kappa shape index (κ2) is 33.3. The van der Waals surface area contributed by atoms with Crippen molar-refractivity contribution in [1.29, 1.82) is 0 Å². The second-order valence-electron chi connectivity index (χ2n) is 20.3. The summed E-state index contributed by atoms with van der Waals surface area (Å²) in [7, 11) is 1.46. The van der Waals surface area contributed by atoms with Gasteiger partial charge in [0.1, 0.15) is 53.9 Å². The number of fused-ring (bicyclic) bond motifs is 1. The number of aliphatic hydroxyl groups is 1. The lowest BCUT2D eigenvalue weighted by Crippen LogP contribution is -2.62. The topological polar surface area (TPSA) is 467 Å². The highest BCUT2D eigenvalue weighted by atomic mass is 19.1. The van der Waals surface area contributed by atoms with Gasteiger partial charge < -0.3 is 80.2 Å². The van der Waals surface area contributed by atoms with Gasteiger partial charge in [0, 0.05) is 56.9 Å². The molecule has 20 N–H and O–H groups in total. The van der Waals surface area contributed by atoms with Crippen LogP contribution in [0.5, 0.6) is 5.75 Å². The van der Waals surface area contributed by atoms with E-state index in [1.54, 1.807) is 20.0 Å². The molecule has 1 heterocycles. The van der Waals surface area contributed by atoms with Crippen LogP contribution in [-0.2, 0) is 67.2 Å². The van der Waals surface area contributed by atoms with Crippen molar-refractivity contribution in [3.63, 3.8) is 0 Å². The van der Waals surface area contributed by atoms with Crippen LogP contribution in [0.1, 0.15) is 70.1 Å². The number of nitrogens with zero attached hydrogens (tertiary/aromatic N) is 1. The number of phenolic OH excluding ortho intramolecular Hbond substituents is 1. The van der Waals surface area contributed by atoms with Crippen LogP contribution in [0.15, 0.2) is 84.0 Å². The number of hydrogen-bond donors (Lipinski definition) is 17. The lowest BCUT2D eigenvalue weighted by Gasteiger charge is -2.27. The number of phenols is 1. The van der Waals surface area contributed by atoms with E-state index in [1.165, 1.54) is 49.5 Å². The molecule has 12 amide bonds. The van der Waals surface area contributed by atoms with Crippen LogP contribution in [-0.4, -0.2) is 155 Å². The molecule has 0 saturated heterocycles. The number of guanidine groups is 1. The Bertz CT molecular complexity index is 3050. The molecule has 29 nitrogen and oxygen atoms in total. The first-order valence-corrected chi connectivity index (χ1v) is 26.9. The predicted molar refractivity (Wildman–Crippen MR) is 307 cm³/mol. The largest absolute Gasteiger partial charge is 0.508 e. The van der Waals surface area contributed by atoms with Gasteiger partial charge in [-0.1, -0.05) is 62.4 Å². The number of halogens is 1. The Balaban J connectivity index is 1.47. The number of aromatic hydroxyl groups is 1. The Morgan fingerprint density at radius 1 is 0.624 bits per heavy atom. The van der Waals surface area contributed by atoms with Crippen LogP contribution in [0, 0.1) is 11.7 Å². The molecular weight excluding hydrogens is 1110 g/mol. The number of aromatic nitrogens is 1. The number of carbonyl (C=O) groups excluding carboxylic acids is 11. The van der Waals surface area contributed by atoms with Gasteiger partial charge in [0.15, 0.2) is 5.96 Å². The lowest BCUT2D eigenvalue weighted by molar-refractivity contribution is -0.136. The highest BCUT2D eigenvalue weighted by Gasteiger charge is 2.35. The maximum absolute atomic E-state index is 15.1. The number of primary amides is 2. The van der Waals surface area contributed by atoms with Crippen molar-refractivity contribution >= 4 is 82.0 Å². The third-order valence-electron chi connectivity index (χ3n) is 12.9. The van der Waals surface area contributed by atoms with Gasteiger partial charge in [0.2, 0.25) is 53.2 Å². The van der Waals surface area contributed by atoms with Crippen LogP contribution in [0.25, 0.3) is 10.9 Å². The number of nitrogens with one attached hydrogen (secondary N) is 12. The molecule has 0 aliphatic carbocycles. The summed E-state index contributed by atoms with van der Waals surface area (Å²) in [5.74, 6) is -10.7. The molecule has 460 valence electrons. The van der Waals surface area contributed by atoms with Crippen molar-refractivity contribution in [2.24, 2.45) is 28.1 Å². The quantitative estimate of drug-likeness (QED) is 0.0103. The smallest absolute Gasteiger partial charge is 0.334 e. The van der Waals surface area contributed by atoms with Gasteiger partial charge in [-0.15, -0.1) is 0 Å². The highest BCUT2D eigenvalue weighted by Crippen LogP contribution is 2.20. The van der Waals surface area contributed by atoms with Crippen LogP contribution in [0.4, 0.5) is 9.18 Å². The van der Waals surface area contributed by atoms with E-state index in [9.17, 15) is 63.0 Å². The fraction of sp³-hybridized carbons (Fsp3) is 0.418. The van der Waals surface area contributed by atoms with Gasteiger partial charge in [-0.3, -0.25) is 58.4 Å². The maximum Gasteiger partial charge on any atom is 0.334 e. The van der Waals surface area contributed by atoms with Crippen molar-refractivity contribution in [2.45, 2.75) is 121 Å². The third-order valence-corrected chi connectivity index (χ3v) is 12.9. The minimum Gasteiger partial charge on any atom is -0.508 e. The highest BCUT2D eigenvalue weighted by molar-refractivity contribution is 5.98. The normalized spacial score (nSPS) is 14.0. The molecule has 3 aromatic carbocycles. The number of aliphatic hydroxyl groups excluding tert-OH is 1. The second-order valence-corrected chi connectivity index (χ2v) is 20.3. The molecule has 0 unspecified atom stereocenters. The number of nitrogens with two attached hydrogens (primary N) is 3. The van der Waals surface area contributed by atoms with Gasteiger partial charge in [-0.25, -0.2) is 14.6 Å². The van der Waals surface area contributed by atoms with E-state index in [0.29, 0.717) is 11.1 Å². The van der Waals surface area contributed by atoms with Gasteiger partial charge in [-0.05, 0) is 73.1 Å². The summed E-state index contributed by atoms with van der Waals surface area (Å²) < 4.78 is 15.1. The standard InChI is InChI=1S/C55H75FN16O13/c1-28(2)21-40(50(81)66-38(15-10-20-61-54(59)60-5)49(80)67-39(47(58)78)24-33-26-62-37-14-9-7-12-35(33)37)69-55(85)72-71-52(83)42(23-32-11-6-8-13-36(32)56)68-53(84)46(29(3)73)70-51(82)43(25-44(57)76)65-45(77)27-63-48(79)41(64-30(4)74)22-31-16-18-34(75)19-17-31/h6-9,11-14,16-19,26,28-29,38-43,46,62,73,75H,10,15,20-25,27H2,1-5H3,(H2,57,76)(H2,58,78)(H,63,79)(H,64,74)(H,65,77)(H,66,81)(H,67,80)(H,68,84)(H,70,82)(H,71,83)(H3,59,60,61)(H2,69,72,85)/t29-,38+,39+,40+,41-,42+,43+,46+/m1/s1. The fourth-order valence-corrected chi connectivity index (χ4v) is 8.54. The molecule has 85 heavy (non-hydrogen) atoms. The van der Waals surface area contributed by atoms with Crippen LogP contribution in [0.3, 0.4) is 0 Å². The summed E-state index contributed by atoms with van der Waals surface area (Å²) in [4.78, 5) is 153. The summed E-state index contributed by atoms with van der Waals surface area (Å²) in [5, 5.41) is 43.2. The molecule has 0 saturated carbocycles. The molecule has 30 heteroatoms. The molecule has 8 atom stereocenters. The minimum atomic E-state index is -1.95. The molecule has 0 radical (unpaired) electrons. The van der Waals surface area contributed by atoms with E-state index in [2.05, 4.69) is 68.7 Å². The number of hydrogen-bond acceptors (Lipinski definition) is 14. The number of amides is 12. The number of hydrazine groups is 1. The number of H-pyrrole nitrogens is 1.